The number of halogens is 1. The summed E-state index contributed by atoms with van der Waals surface area (Å²) in [6.07, 6.45) is 2.01. The molecule has 1 saturated heterocycles. The SMILES string of the molecule is OC1CCN(c2ccc(/C(=C/S)NC=Nc3ccccc3F)cc2)C1. The lowest BCUT2D eigenvalue weighted by Crippen LogP contribution is -2.21. The molecule has 1 heterocycles. The molecule has 1 unspecified atom stereocenters. The van der Waals surface area contributed by atoms with Crippen LogP contribution in [0.5, 0.6) is 0 Å². The van der Waals surface area contributed by atoms with Crippen molar-refractivity contribution in [3.63, 3.8) is 0 Å². The lowest BCUT2D eigenvalue weighted by atomic mass is 10.1. The maximum atomic E-state index is 13.5. The zero-order chi connectivity index (χ0) is 17.6. The van der Waals surface area contributed by atoms with Crippen LogP contribution in [0.4, 0.5) is 15.8 Å². The minimum Gasteiger partial charge on any atom is -0.391 e. The minimum atomic E-state index is -0.367. The molecular weight excluding hydrogens is 337 g/mol. The van der Waals surface area contributed by atoms with Crippen molar-refractivity contribution in [1.82, 2.24) is 5.32 Å². The fourth-order valence-electron chi connectivity index (χ4n) is 2.75. The summed E-state index contributed by atoms with van der Waals surface area (Å²) in [5.74, 6) is -0.367. The van der Waals surface area contributed by atoms with Crippen molar-refractivity contribution in [2.75, 3.05) is 18.0 Å². The van der Waals surface area contributed by atoms with Crippen LogP contribution in [-0.2, 0) is 0 Å². The molecule has 2 aromatic carbocycles. The zero-order valence-corrected chi connectivity index (χ0v) is 14.5. The first-order valence-electron chi connectivity index (χ1n) is 8.09. The van der Waals surface area contributed by atoms with Gasteiger partial charge in [0.25, 0.3) is 0 Å². The van der Waals surface area contributed by atoms with E-state index in [2.05, 4.69) is 27.8 Å². The van der Waals surface area contributed by atoms with Crippen molar-refractivity contribution in [1.29, 1.82) is 0 Å². The van der Waals surface area contributed by atoms with E-state index in [0.29, 0.717) is 6.54 Å². The van der Waals surface area contributed by atoms with E-state index in [-0.39, 0.29) is 17.6 Å². The molecule has 0 amide bonds. The molecule has 0 bridgehead atoms. The summed E-state index contributed by atoms with van der Waals surface area (Å²) in [6, 6.07) is 14.3. The first-order valence-corrected chi connectivity index (χ1v) is 8.60. The molecular formula is C19H20FN3OS. The number of nitrogens with one attached hydrogen (secondary N) is 1. The number of aliphatic hydroxyl groups is 1. The fraction of sp³-hybridized carbons (Fsp3) is 0.211. The minimum absolute atomic E-state index is 0.246. The number of anilines is 1. The lowest BCUT2D eigenvalue weighted by molar-refractivity contribution is 0.198. The van der Waals surface area contributed by atoms with Gasteiger partial charge in [0.15, 0.2) is 0 Å². The number of thiol groups is 1. The first kappa shape index (κ1) is 17.5. The average molecular weight is 357 g/mol. The van der Waals surface area contributed by atoms with Crippen LogP contribution in [0.3, 0.4) is 0 Å². The summed E-state index contributed by atoms with van der Waals surface area (Å²) >= 11 is 4.23. The number of hydrogen-bond acceptors (Lipinski definition) is 4. The normalized spacial score (nSPS) is 18.1. The Bertz CT molecular complexity index is 776. The highest BCUT2D eigenvalue weighted by molar-refractivity contribution is 7.83. The van der Waals surface area contributed by atoms with Gasteiger partial charge in [-0.3, -0.25) is 0 Å². The molecule has 0 aromatic heterocycles. The Morgan fingerprint density at radius 1 is 1.24 bits per heavy atom. The third-order valence-electron chi connectivity index (χ3n) is 4.11. The Kier molecular flexibility index (Phi) is 5.73. The van der Waals surface area contributed by atoms with Crippen molar-refractivity contribution >= 4 is 36.0 Å². The van der Waals surface area contributed by atoms with Crippen LogP contribution >= 0.6 is 12.6 Å². The number of aliphatic imine (C=N–C) groups is 1. The van der Waals surface area contributed by atoms with E-state index in [4.69, 9.17) is 0 Å². The molecule has 2 N–H and O–H groups in total. The Labute approximate surface area is 152 Å². The number of benzene rings is 2. The molecule has 6 heteroatoms. The molecule has 0 aliphatic carbocycles. The second kappa shape index (κ2) is 8.18. The van der Waals surface area contributed by atoms with Gasteiger partial charge in [-0.2, -0.15) is 0 Å². The molecule has 130 valence electrons. The first-order chi connectivity index (χ1) is 12.2. The van der Waals surface area contributed by atoms with Crippen LogP contribution in [0.25, 0.3) is 5.70 Å². The van der Waals surface area contributed by atoms with Gasteiger partial charge in [0.05, 0.1) is 18.1 Å². The summed E-state index contributed by atoms with van der Waals surface area (Å²) in [4.78, 5) is 6.24. The molecule has 1 aliphatic heterocycles. The maximum absolute atomic E-state index is 13.5. The molecule has 4 nitrogen and oxygen atoms in total. The van der Waals surface area contributed by atoms with Crippen molar-refractivity contribution in [3.05, 3.63) is 65.3 Å². The average Bonchev–Trinajstić information content (AvgIpc) is 3.07. The van der Waals surface area contributed by atoms with Crippen molar-refractivity contribution in [2.45, 2.75) is 12.5 Å². The number of aliphatic hydroxyl groups excluding tert-OH is 1. The smallest absolute Gasteiger partial charge is 0.148 e. The Morgan fingerprint density at radius 2 is 2.00 bits per heavy atom. The summed E-state index contributed by atoms with van der Waals surface area (Å²) in [5, 5.41) is 14.3. The van der Waals surface area contributed by atoms with E-state index >= 15 is 0 Å². The van der Waals surface area contributed by atoms with Gasteiger partial charge in [-0.1, -0.05) is 24.3 Å². The van der Waals surface area contributed by atoms with Crippen LogP contribution in [0.1, 0.15) is 12.0 Å². The monoisotopic (exact) mass is 357 g/mol. The fourth-order valence-corrected chi connectivity index (χ4v) is 2.97. The number of nitrogens with zero attached hydrogens (tertiary/aromatic N) is 2. The Hall–Kier alpha value is -2.31. The van der Waals surface area contributed by atoms with Crippen molar-refractivity contribution in [2.24, 2.45) is 4.99 Å². The van der Waals surface area contributed by atoms with Gasteiger partial charge in [0.1, 0.15) is 11.5 Å². The molecule has 1 fully saturated rings. The number of para-hydroxylation sites is 1. The highest BCUT2D eigenvalue weighted by Gasteiger charge is 2.20. The van der Waals surface area contributed by atoms with Gasteiger partial charge in [0, 0.05) is 18.8 Å². The summed E-state index contributed by atoms with van der Waals surface area (Å²) in [5.41, 5.74) is 3.06. The molecule has 2 aromatic rings. The highest BCUT2D eigenvalue weighted by atomic mass is 32.1. The van der Waals surface area contributed by atoms with Gasteiger partial charge in [-0.15, -0.1) is 12.6 Å². The van der Waals surface area contributed by atoms with Crippen molar-refractivity contribution < 1.29 is 9.50 Å². The van der Waals surface area contributed by atoms with E-state index in [1.54, 1.807) is 23.6 Å². The maximum Gasteiger partial charge on any atom is 0.148 e. The van der Waals surface area contributed by atoms with Gasteiger partial charge in [-0.05, 0) is 41.7 Å². The highest BCUT2D eigenvalue weighted by Crippen LogP contribution is 2.23. The Balaban J connectivity index is 1.66. The summed E-state index contributed by atoms with van der Waals surface area (Å²) in [6.45, 7) is 1.53. The predicted molar refractivity (Wildman–Crippen MR) is 104 cm³/mol. The standard InChI is InChI=1S/C19H20FN3OS/c20-17-3-1-2-4-18(17)21-13-22-19(12-25)14-5-7-15(8-6-14)23-10-9-16(24)11-23/h1-8,12-13,16,24-25H,9-11H2,(H,21,22)/b19-12-. The number of rotatable bonds is 5. The van der Waals surface area contributed by atoms with E-state index in [1.165, 1.54) is 12.4 Å². The molecule has 0 spiro atoms. The van der Waals surface area contributed by atoms with E-state index < -0.39 is 0 Å². The molecule has 1 atom stereocenters. The van der Waals surface area contributed by atoms with Crippen LogP contribution in [-0.4, -0.2) is 30.6 Å². The second-order valence-corrected chi connectivity index (χ2v) is 6.09. The second-order valence-electron chi connectivity index (χ2n) is 5.83. The third-order valence-corrected chi connectivity index (χ3v) is 4.37. The van der Waals surface area contributed by atoms with E-state index in [9.17, 15) is 9.50 Å². The van der Waals surface area contributed by atoms with Crippen LogP contribution in [0, 0.1) is 5.82 Å². The van der Waals surface area contributed by atoms with E-state index in [1.807, 2.05) is 24.3 Å². The van der Waals surface area contributed by atoms with Crippen LogP contribution in [0.15, 0.2) is 58.9 Å². The van der Waals surface area contributed by atoms with Crippen LogP contribution < -0.4 is 10.2 Å². The Morgan fingerprint density at radius 3 is 2.64 bits per heavy atom. The van der Waals surface area contributed by atoms with Crippen LogP contribution in [0.2, 0.25) is 0 Å². The van der Waals surface area contributed by atoms with E-state index in [0.717, 1.165) is 29.9 Å². The number of β-amino-alcohol motifs (C(OH)–C–C–N with tert-alkyl or cyclic N) is 1. The molecule has 0 radical (unpaired) electrons. The molecule has 3 rings (SSSR count). The van der Waals surface area contributed by atoms with Gasteiger partial charge in [0.2, 0.25) is 0 Å². The zero-order valence-electron chi connectivity index (χ0n) is 13.6. The van der Waals surface area contributed by atoms with Crippen molar-refractivity contribution in [3.8, 4) is 0 Å². The molecule has 1 aliphatic rings. The van der Waals surface area contributed by atoms with Gasteiger partial charge >= 0.3 is 0 Å². The lowest BCUT2D eigenvalue weighted by Gasteiger charge is -2.18. The topological polar surface area (TPSA) is 47.9 Å². The summed E-state index contributed by atoms with van der Waals surface area (Å²) < 4.78 is 13.5. The largest absolute Gasteiger partial charge is 0.391 e. The predicted octanol–water partition coefficient (Wildman–Crippen LogP) is 3.57. The van der Waals surface area contributed by atoms with Gasteiger partial charge in [-0.25, -0.2) is 9.38 Å². The number of hydrogen-bond donors (Lipinski definition) is 3. The summed E-state index contributed by atoms with van der Waals surface area (Å²) in [7, 11) is 0. The molecule has 25 heavy (non-hydrogen) atoms. The third kappa shape index (κ3) is 4.41. The quantitative estimate of drug-likeness (QED) is 0.436. The molecule has 0 saturated carbocycles. The van der Waals surface area contributed by atoms with Gasteiger partial charge < -0.3 is 15.3 Å².